The molecule has 1 saturated heterocycles. The van der Waals surface area contributed by atoms with E-state index in [1.165, 1.54) is 32.1 Å². The maximum absolute atomic E-state index is 12.2. The van der Waals surface area contributed by atoms with Crippen LogP contribution in [-0.2, 0) is 4.79 Å². The summed E-state index contributed by atoms with van der Waals surface area (Å²) in [6.07, 6.45) is 8.59. The molecule has 1 amide bonds. The number of nitrogens with one attached hydrogen (secondary N) is 2. The molecule has 1 aliphatic heterocycles. The third-order valence-corrected chi connectivity index (χ3v) is 4.40. The number of carbonyl (C=O) groups excluding carboxylic acids is 1. The van der Waals surface area contributed by atoms with Crippen molar-refractivity contribution in [3.63, 3.8) is 0 Å². The van der Waals surface area contributed by atoms with Gasteiger partial charge in [0, 0.05) is 6.54 Å². The van der Waals surface area contributed by atoms with Crippen LogP contribution in [0.3, 0.4) is 0 Å². The highest BCUT2D eigenvalue weighted by Gasteiger charge is 2.36. The highest BCUT2D eigenvalue weighted by atomic mass is 16.2. The number of carbonyl (C=O) groups is 1. The summed E-state index contributed by atoms with van der Waals surface area (Å²) in [5.41, 5.74) is 0.0829. The lowest BCUT2D eigenvalue weighted by Gasteiger charge is -2.38. The summed E-state index contributed by atoms with van der Waals surface area (Å²) in [5, 5.41) is 6.48. The van der Waals surface area contributed by atoms with Gasteiger partial charge < -0.3 is 10.6 Å². The zero-order valence-corrected chi connectivity index (χ0v) is 13.9. The molecule has 1 atom stereocenters. The average Bonchev–Trinajstić information content (AvgIpc) is 2.36. The molecule has 1 heterocycles. The Labute approximate surface area is 125 Å². The van der Waals surface area contributed by atoms with E-state index in [2.05, 4.69) is 38.3 Å². The first-order valence-corrected chi connectivity index (χ1v) is 8.44. The molecule has 2 N–H and O–H groups in total. The molecule has 0 bridgehead atoms. The van der Waals surface area contributed by atoms with Gasteiger partial charge in [-0.05, 0) is 37.1 Å². The molecule has 1 rings (SSSR count). The predicted octanol–water partition coefficient (Wildman–Crippen LogP) is 3.49. The van der Waals surface area contributed by atoms with E-state index in [0.29, 0.717) is 0 Å². The van der Waals surface area contributed by atoms with Gasteiger partial charge in [-0.25, -0.2) is 0 Å². The first-order chi connectivity index (χ1) is 9.43. The van der Waals surface area contributed by atoms with Gasteiger partial charge in [-0.15, -0.1) is 0 Å². The number of unbranched alkanes of at least 4 members (excludes halogenated alkanes) is 3. The third kappa shape index (κ3) is 6.25. The minimum atomic E-state index is -0.0165. The van der Waals surface area contributed by atoms with Crippen molar-refractivity contribution in [3.8, 4) is 0 Å². The zero-order chi connectivity index (χ0) is 15.0. The lowest BCUT2D eigenvalue weighted by atomic mass is 9.77. The van der Waals surface area contributed by atoms with Crippen LogP contribution in [0.5, 0.6) is 0 Å². The summed E-state index contributed by atoms with van der Waals surface area (Å²) in [5.74, 6) is 1.01. The fourth-order valence-corrected chi connectivity index (χ4v) is 3.00. The van der Waals surface area contributed by atoms with Crippen LogP contribution in [0.4, 0.5) is 0 Å². The molecule has 0 spiro atoms. The van der Waals surface area contributed by atoms with Gasteiger partial charge in [0.1, 0.15) is 0 Å². The van der Waals surface area contributed by atoms with Gasteiger partial charge in [0.15, 0.2) is 0 Å². The smallest absolute Gasteiger partial charge is 0.237 e. The number of rotatable bonds is 8. The normalized spacial score (nSPS) is 21.9. The van der Waals surface area contributed by atoms with Gasteiger partial charge >= 0.3 is 0 Å². The van der Waals surface area contributed by atoms with Crippen molar-refractivity contribution in [2.45, 2.75) is 78.7 Å². The van der Waals surface area contributed by atoms with Crippen LogP contribution in [0.15, 0.2) is 0 Å². The summed E-state index contributed by atoms with van der Waals surface area (Å²) in [4.78, 5) is 12.2. The van der Waals surface area contributed by atoms with E-state index in [0.717, 1.165) is 31.8 Å². The fourth-order valence-electron chi connectivity index (χ4n) is 3.00. The second kappa shape index (κ2) is 8.66. The van der Waals surface area contributed by atoms with Crippen LogP contribution in [0.2, 0.25) is 0 Å². The Balaban J connectivity index is 2.11. The molecule has 118 valence electrons. The number of hydrogen-bond acceptors (Lipinski definition) is 2. The molecule has 0 aliphatic carbocycles. The first-order valence-electron chi connectivity index (χ1n) is 8.44. The molecule has 1 unspecified atom stereocenters. The molecule has 20 heavy (non-hydrogen) atoms. The van der Waals surface area contributed by atoms with Crippen molar-refractivity contribution in [3.05, 3.63) is 0 Å². The molecule has 3 nitrogen and oxygen atoms in total. The lowest BCUT2D eigenvalue weighted by molar-refractivity contribution is -0.126. The van der Waals surface area contributed by atoms with E-state index < -0.39 is 0 Å². The number of hydrogen-bond donors (Lipinski definition) is 2. The standard InChI is InChI=1S/C17H34N2O/c1-14(2)10-7-5-6-8-12-19-16(20)15-17(3,4)11-9-13-18-15/h14-15,18H,5-13H2,1-4H3,(H,19,20). The molecule has 1 aliphatic rings. The second-order valence-corrected chi connectivity index (χ2v) is 7.37. The molecular formula is C17H34N2O. The van der Waals surface area contributed by atoms with Gasteiger partial charge in [0.05, 0.1) is 6.04 Å². The van der Waals surface area contributed by atoms with Gasteiger partial charge in [-0.3, -0.25) is 4.79 Å². The van der Waals surface area contributed by atoms with Gasteiger partial charge in [-0.2, -0.15) is 0 Å². The van der Waals surface area contributed by atoms with Crippen LogP contribution in [-0.4, -0.2) is 25.0 Å². The van der Waals surface area contributed by atoms with Crippen molar-refractivity contribution >= 4 is 5.91 Å². The monoisotopic (exact) mass is 282 g/mol. The molecule has 0 aromatic carbocycles. The zero-order valence-electron chi connectivity index (χ0n) is 13.9. The summed E-state index contributed by atoms with van der Waals surface area (Å²) in [6, 6.07) is -0.0165. The first kappa shape index (κ1) is 17.5. The van der Waals surface area contributed by atoms with E-state index in [1.54, 1.807) is 0 Å². The maximum atomic E-state index is 12.2. The van der Waals surface area contributed by atoms with Crippen molar-refractivity contribution in [1.82, 2.24) is 10.6 Å². The molecule has 0 aromatic heterocycles. The van der Waals surface area contributed by atoms with Crippen LogP contribution >= 0.6 is 0 Å². The molecule has 1 fully saturated rings. The highest BCUT2D eigenvalue weighted by molar-refractivity contribution is 5.82. The minimum Gasteiger partial charge on any atom is -0.355 e. The Morgan fingerprint density at radius 2 is 1.95 bits per heavy atom. The van der Waals surface area contributed by atoms with E-state index in [9.17, 15) is 4.79 Å². The quantitative estimate of drug-likeness (QED) is 0.669. The maximum Gasteiger partial charge on any atom is 0.237 e. The van der Waals surface area contributed by atoms with Gasteiger partial charge in [0.2, 0.25) is 5.91 Å². The van der Waals surface area contributed by atoms with Crippen LogP contribution in [0.25, 0.3) is 0 Å². The van der Waals surface area contributed by atoms with Crippen molar-refractivity contribution in [2.75, 3.05) is 13.1 Å². The molecule has 0 saturated carbocycles. The van der Waals surface area contributed by atoms with Crippen LogP contribution < -0.4 is 10.6 Å². The van der Waals surface area contributed by atoms with Crippen LogP contribution in [0, 0.1) is 11.3 Å². The van der Waals surface area contributed by atoms with Crippen molar-refractivity contribution in [2.24, 2.45) is 11.3 Å². The topological polar surface area (TPSA) is 41.1 Å². The predicted molar refractivity (Wildman–Crippen MR) is 85.7 cm³/mol. The molecule has 0 radical (unpaired) electrons. The van der Waals surface area contributed by atoms with E-state index in [-0.39, 0.29) is 17.4 Å². The summed E-state index contributed by atoms with van der Waals surface area (Å²) in [6.45, 7) is 10.7. The number of amides is 1. The Morgan fingerprint density at radius 1 is 1.25 bits per heavy atom. The molecular weight excluding hydrogens is 248 g/mol. The van der Waals surface area contributed by atoms with Crippen molar-refractivity contribution in [1.29, 1.82) is 0 Å². The van der Waals surface area contributed by atoms with Crippen molar-refractivity contribution < 1.29 is 4.79 Å². The summed E-state index contributed by atoms with van der Waals surface area (Å²) in [7, 11) is 0. The SMILES string of the molecule is CC(C)CCCCCCNC(=O)C1NCCCC1(C)C. The largest absolute Gasteiger partial charge is 0.355 e. The van der Waals surface area contributed by atoms with E-state index in [4.69, 9.17) is 0 Å². The average molecular weight is 282 g/mol. The van der Waals surface area contributed by atoms with E-state index >= 15 is 0 Å². The highest BCUT2D eigenvalue weighted by Crippen LogP contribution is 2.30. The Bertz CT molecular complexity index is 287. The fraction of sp³-hybridized carbons (Fsp3) is 0.941. The van der Waals surface area contributed by atoms with Crippen LogP contribution in [0.1, 0.15) is 72.6 Å². The Kier molecular flexibility index (Phi) is 7.57. The minimum absolute atomic E-state index is 0.0165. The number of piperidine rings is 1. The lowest BCUT2D eigenvalue weighted by Crippen LogP contribution is -2.55. The second-order valence-electron chi connectivity index (χ2n) is 7.37. The molecule has 3 heteroatoms. The Hall–Kier alpha value is -0.570. The molecule has 0 aromatic rings. The van der Waals surface area contributed by atoms with Gasteiger partial charge in [-0.1, -0.05) is 53.4 Å². The van der Waals surface area contributed by atoms with Gasteiger partial charge in [0.25, 0.3) is 0 Å². The third-order valence-electron chi connectivity index (χ3n) is 4.40. The summed E-state index contributed by atoms with van der Waals surface area (Å²) < 4.78 is 0. The summed E-state index contributed by atoms with van der Waals surface area (Å²) >= 11 is 0. The van der Waals surface area contributed by atoms with E-state index in [1.807, 2.05) is 0 Å². The Morgan fingerprint density at radius 3 is 2.60 bits per heavy atom.